The van der Waals surface area contributed by atoms with E-state index < -0.39 is 0 Å². The number of hydrogen-bond donors (Lipinski definition) is 1. The minimum atomic E-state index is -0.161. The first kappa shape index (κ1) is 16.1. The first-order chi connectivity index (χ1) is 11.0. The molecule has 0 aliphatic carbocycles. The molecule has 2 heterocycles. The van der Waals surface area contributed by atoms with Crippen LogP contribution >= 0.6 is 27.7 Å². The summed E-state index contributed by atoms with van der Waals surface area (Å²) < 4.78 is 2.71. The number of amides is 1. The number of halogens is 1. The number of anilines is 1. The average Bonchev–Trinajstić information content (AvgIpc) is 2.84. The molecule has 0 unspecified atom stereocenters. The highest BCUT2D eigenvalue weighted by atomic mass is 79.9. The second kappa shape index (κ2) is 6.37. The van der Waals surface area contributed by atoms with Gasteiger partial charge in [0.1, 0.15) is 5.69 Å². The minimum Gasteiger partial charge on any atom is -0.321 e. The van der Waals surface area contributed by atoms with Crippen LogP contribution in [0.25, 0.3) is 5.65 Å². The Balaban J connectivity index is 2.02. The Morgan fingerprint density at radius 1 is 1.30 bits per heavy atom. The van der Waals surface area contributed by atoms with Crippen molar-refractivity contribution in [1.29, 1.82) is 0 Å². The van der Waals surface area contributed by atoms with E-state index in [9.17, 15) is 4.79 Å². The summed E-state index contributed by atoms with van der Waals surface area (Å²) in [6.07, 6.45) is 3.93. The van der Waals surface area contributed by atoms with E-state index >= 15 is 0 Å². The summed E-state index contributed by atoms with van der Waals surface area (Å²) in [4.78, 5) is 18.3. The van der Waals surface area contributed by atoms with Crippen LogP contribution in [0.1, 0.15) is 21.7 Å². The molecule has 23 heavy (non-hydrogen) atoms. The Hall–Kier alpha value is -1.79. The largest absolute Gasteiger partial charge is 0.321 e. The molecule has 2 aromatic heterocycles. The van der Waals surface area contributed by atoms with Crippen molar-refractivity contribution >= 4 is 44.9 Å². The number of imidazole rings is 1. The maximum atomic E-state index is 12.7. The fourth-order valence-electron chi connectivity index (χ4n) is 2.51. The van der Waals surface area contributed by atoms with Crippen molar-refractivity contribution in [2.75, 3.05) is 11.6 Å². The summed E-state index contributed by atoms with van der Waals surface area (Å²) >= 11 is 5.15. The molecule has 0 fully saturated rings. The quantitative estimate of drug-likeness (QED) is 0.660. The van der Waals surface area contributed by atoms with Crippen LogP contribution in [0.3, 0.4) is 0 Å². The highest BCUT2D eigenvalue weighted by Gasteiger charge is 2.18. The molecule has 0 aliphatic heterocycles. The fraction of sp³-hybridized carbons (Fsp3) is 0.176. The lowest BCUT2D eigenvalue weighted by atomic mass is 10.2. The molecule has 0 aliphatic rings. The zero-order chi connectivity index (χ0) is 16.6. The van der Waals surface area contributed by atoms with Crippen LogP contribution in [0, 0.1) is 13.8 Å². The highest BCUT2D eigenvalue weighted by molar-refractivity contribution is 9.10. The molecular weight excluding hydrogens is 374 g/mol. The summed E-state index contributed by atoms with van der Waals surface area (Å²) in [7, 11) is 0. The lowest BCUT2D eigenvalue weighted by Gasteiger charge is -2.08. The van der Waals surface area contributed by atoms with Crippen molar-refractivity contribution in [3.05, 3.63) is 58.0 Å². The van der Waals surface area contributed by atoms with Crippen LogP contribution in [0.15, 0.2) is 45.9 Å². The third-order valence-electron chi connectivity index (χ3n) is 3.53. The molecule has 1 amide bonds. The number of pyridine rings is 1. The predicted octanol–water partition coefficient (Wildman–Crippen LogP) is 4.69. The van der Waals surface area contributed by atoms with Gasteiger partial charge < -0.3 is 5.32 Å². The van der Waals surface area contributed by atoms with Crippen molar-refractivity contribution in [3.63, 3.8) is 0 Å². The lowest BCUT2D eigenvalue weighted by Crippen LogP contribution is -2.15. The number of carbonyl (C=O) groups excluding carboxylic acids is 1. The Kier molecular flexibility index (Phi) is 4.46. The zero-order valence-electron chi connectivity index (χ0n) is 13.1. The van der Waals surface area contributed by atoms with E-state index in [2.05, 4.69) is 26.2 Å². The van der Waals surface area contributed by atoms with Gasteiger partial charge in [0.05, 0.1) is 10.2 Å². The predicted molar refractivity (Wildman–Crippen MR) is 98.5 cm³/mol. The number of fused-ring (bicyclic) bond motifs is 1. The maximum Gasteiger partial charge on any atom is 0.274 e. The minimum absolute atomic E-state index is 0.161. The van der Waals surface area contributed by atoms with Crippen molar-refractivity contribution in [2.45, 2.75) is 18.7 Å². The molecule has 1 N–H and O–H groups in total. The van der Waals surface area contributed by atoms with Crippen LogP contribution < -0.4 is 5.32 Å². The van der Waals surface area contributed by atoms with Crippen LogP contribution in [0.4, 0.5) is 5.69 Å². The molecule has 0 atom stereocenters. The topological polar surface area (TPSA) is 46.4 Å². The van der Waals surface area contributed by atoms with Crippen LogP contribution in [-0.4, -0.2) is 21.5 Å². The number of carbonyl (C=O) groups is 1. The molecule has 3 rings (SSSR count). The number of rotatable bonds is 3. The second-order valence-electron chi connectivity index (χ2n) is 5.29. The molecular formula is C17H16BrN3OS. The second-order valence-corrected chi connectivity index (χ2v) is 7.02. The molecule has 0 saturated heterocycles. The number of nitrogens with zero attached hydrogens (tertiary/aromatic N) is 2. The molecule has 0 saturated carbocycles. The molecule has 4 nitrogen and oxygen atoms in total. The van der Waals surface area contributed by atoms with Gasteiger partial charge in [-0.05, 0) is 65.9 Å². The van der Waals surface area contributed by atoms with Crippen molar-refractivity contribution in [2.24, 2.45) is 0 Å². The SMILES string of the molecule is CSc1cccc(NC(=O)c2c(C)nc3c(Br)cc(C)cn23)c1. The third kappa shape index (κ3) is 3.14. The van der Waals surface area contributed by atoms with Crippen molar-refractivity contribution in [3.8, 4) is 0 Å². The summed E-state index contributed by atoms with van der Waals surface area (Å²) in [6.45, 7) is 3.84. The summed E-state index contributed by atoms with van der Waals surface area (Å²) in [5, 5.41) is 2.96. The number of aromatic nitrogens is 2. The third-order valence-corrected chi connectivity index (χ3v) is 4.84. The van der Waals surface area contributed by atoms with E-state index in [-0.39, 0.29) is 5.91 Å². The number of aryl methyl sites for hydroxylation is 2. The lowest BCUT2D eigenvalue weighted by molar-refractivity contribution is 0.102. The average molecular weight is 390 g/mol. The van der Waals surface area contributed by atoms with Gasteiger partial charge in [0.25, 0.3) is 5.91 Å². The summed E-state index contributed by atoms with van der Waals surface area (Å²) in [5.74, 6) is -0.161. The molecule has 118 valence electrons. The number of benzene rings is 1. The summed E-state index contributed by atoms with van der Waals surface area (Å²) in [5.41, 5.74) is 3.84. The van der Waals surface area contributed by atoms with E-state index in [1.165, 1.54) is 0 Å². The molecule has 0 radical (unpaired) electrons. The smallest absolute Gasteiger partial charge is 0.274 e. The maximum absolute atomic E-state index is 12.7. The molecule has 6 heteroatoms. The van der Waals surface area contributed by atoms with E-state index in [0.717, 1.165) is 26.3 Å². The Morgan fingerprint density at radius 2 is 2.09 bits per heavy atom. The van der Waals surface area contributed by atoms with Gasteiger partial charge in [0.15, 0.2) is 5.65 Å². The van der Waals surface area contributed by atoms with E-state index in [4.69, 9.17) is 0 Å². The van der Waals surface area contributed by atoms with Gasteiger partial charge in [-0.1, -0.05) is 6.07 Å². The van der Waals surface area contributed by atoms with E-state index in [1.54, 1.807) is 11.8 Å². The monoisotopic (exact) mass is 389 g/mol. The first-order valence-corrected chi connectivity index (χ1v) is 9.11. The standard InChI is InChI=1S/C17H16BrN3OS/c1-10-7-14(18)16-19-11(2)15(21(16)9-10)17(22)20-12-5-4-6-13(8-12)23-3/h4-9H,1-3H3,(H,20,22). The Bertz CT molecular complexity index is 904. The number of nitrogens with one attached hydrogen (secondary N) is 1. The Morgan fingerprint density at radius 3 is 2.83 bits per heavy atom. The van der Waals surface area contributed by atoms with Crippen molar-refractivity contribution in [1.82, 2.24) is 9.38 Å². The van der Waals surface area contributed by atoms with Gasteiger partial charge in [0, 0.05) is 16.8 Å². The van der Waals surface area contributed by atoms with Crippen molar-refractivity contribution < 1.29 is 4.79 Å². The van der Waals surface area contributed by atoms with Gasteiger partial charge in [-0.15, -0.1) is 11.8 Å². The van der Waals surface area contributed by atoms with Crippen LogP contribution in [-0.2, 0) is 0 Å². The van der Waals surface area contributed by atoms with Gasteiger partial charge in [-0.2, -0.15) is 0 Å². The number of hydrogen-bond acceptors (Lipinski definition) is 3. The number of thioether (sulfide) groups is 1. The van der Waals surface area contributed by atoms with Gasteiger partial charge in [0.2, 0.25) is 0 Å². The highest BCUT2D eigenvalue weighted by Crippen LogP contribution is 2.24. The van der Waals surface area contributed by atoms with Gasteiger partial charge in [-0.3, -0.25) is 9.20 Å². The van der Waals surface area contributed by atoms with E-state index in [0.29, 0.717) is 11.4 Å². The fourth-order valence-corrected chi connectivity index (χ4v) is 3.61. The first-order valence-electron chi connectivity index (χ1n) is 7.10. The van der Waals surface area contributed by atoms with E-state index in [1.807, 2.05) is 61.0 Å². The van der Waals surface area contributed by atoms with Gasteiger partial charge in [-0.25, -0.2) is 4.98 Å². The molecule has 0 spiro atoms. The zero-order valence-corrected chi connectivity index (χ0v) is 15.5. The Labute approximate surface area is 147 Å². The van der Waals surface area contributed by atoms with Gasteiger partial charge >= 0.3 is 0 Å². The molecule has 3 aromatic rings. The molecule has 1 aromatic carbocycles. The van der Waals surface area contributed by atoms with Crippen LogP contribution in [0.5, 0.6) is 0 Å². The summed E-state index contributed by atoms with van der Waals surface area (Å²) in [6, 6.07) is 9.79. The normalized spacial score (nSPS) is 11.0. The molecule has 0 bridgehead atoms. The van der Waals surface area contributed by atoms with Crippen LogP contribution in [0.2, 0.25) is 0 Å².